The van der Waals surface area contributed by atoms with Gasteiger partial charge in [0, 0.05) is 96.6 Å². The van der Waals surface area contributed by atoms with Crippen molar-refractivity contribution in [2.24, 2.45) is 17.1 Å². The van der Waals surface area contributed by atoms with Gasteiger partial charge in [0.15, 0.2) is 6.10 Å². The molecular formula is C59H77N7O12. The average Bonchev–Trinajstić information content (AvgIpc) is 3.90. The molecule has 6 heterocycles. The van der Waals surface area contributed by atoms with Crippen LogP contribution < -0.4 is 26.2 Å². The number of aromatic amines is 1. The Bertz CT molecular complexity index is 2950. The molecular weight excluding hydrogens is 999 g/mol. The van der Waals surface area contributed by atoms with E-state index in [-0.39, 0.29) is 36.2 Å². The summed E-state index contributed by atoms with van der Waals surface area (Å²) < 4.78 is 24.0. The summed E-state index contributed by atoms with van der Waals surface area (Å²) in [6.45, 7) is 9.81. The fourth-order valence-corrected chi connectivity index (χ4v) is 15.1. The molecule has 1 aromatic heterocycles. The van der Waals surface area contributed by atoms with E-state index in [0.717, 1.165) is 42.0 Å². The molecule has 2 amide bonds. The van der Waals surface area contributed by atoms with Crippen LogP contribution in [0.4, 0.5) is 5.69 Å². The summed E-state index contributed by atoms with van der Waals surface area (Å²) in [4.78, 5) is 91.9. The Morgan fingerprint density at radius 3 is 2.42 bits per heavy atom. The third-order valence-corrected chi connectivity index (χ3v) is 18.4. The van der Waals surface area contributed by atoms with Crippen LogP contribution in [0.1, 0.15) is 126 Å². The van der Waals surface area contributed by atoms with Crippen LogP contribution in [0.25, 0.3) is 10.9 Å². The van der Waals surface area contributed by atoms with Crippen molar-refractivity contribution in [3.05, 3.63) is 70.4 Å². The van der Waals surface area contributed by atoms with Gasteiger partial charge in [-0.3, -0.25) is 39.2 Å². The number of amides is 2. The minimum Gasteiger partial charge on any atom is -0.496 e. The molecule has 5 aliphatic heterocycles. The van der Waals surface area contributed by atoms with Crippen LogP contribution in [-0.4, -0.2) is 157 Å². The van der Waals surface area contributed by atoms with Gasteiger partial charge in [0.1, 0.15) is 16.9 Å². The number of carbonyl (C=O) groups excluding carboxylic acids is 6. The molecule has 1 unspecified atom stereocenters. The SMILES string of the molecule is CC[C@]1(O)C[C@@H]2CN(CCc3c([nH]c4ccc(C#CCCCC(=O)NN[C@@H](CCCCN)C(C)=O)cc34)[C@@](C(=O)OC)(c3cc4c(cc3OC)N(C=O)[C@H]3[C@@](O)(C(=O)OC)[C@H](OC(C)=O)[C@]5(CC)C=CCN6CC[C@]43[C@@H]65)C2)C1. The van der Waals surface area contributed by atoms with Crippen molar-refractivity contribution in [2.75, 3.05) is 65.5 Å². The van der Waals surface area contributed by atoms with Gasteiger partial charge in [-0.25, -0.2) is 10.2 Å². The smallest absolute Gasteiger partial charge is 0.344 e. The topological polar surface area (TPSA) is 255 Å². The van der Waals surface area contributed by atoms with Crippen molar-refractivity contribution < 1.29 is 57.9 Å². The molecule has 78 heavy (non-hydrogen) atoms. The third-order valence-electron chi connectivity index (χ3n) is 18.4. The first-order valence-electron chi connectivity index (χ1n) is 27.7. The molecule has 7 N–H and O–H groups in total. The zero-order valence-electron chi connectivity index (χ0n) is 46.1. The number of nitrogens with two attached hydrogens (primary N) is 1. The largest absolute Gasteiger partial charge is 0.496 e. The monoisotopic (exact) mass is 1080 g/mol. The zero-order chi connectivity index (χ0) is 56.0. The number of hydrazine groups is 1. The van der Waals surface area contributed by atoms with Crippen LogP contribution in [0.2, 0.25) is 0 Å². The molecule has 420 valence electrons. The summed E-state index contributed by atoms with van der Waals surface area (Å²) in [5.41, 5.74) is 7.86. The van der Waals surface area contributed by atoms with Gasteiger partial charge in [-0.2, -0.15) is 0 Å². The molecule has 19 nitrogen and oxygen atoms in total. The van der Waals surface area contributed by atoms with Crippen LogP contribution in [0.3, 0.4) is 0 Å². The second kappa shape index (κ2) is 22.2. The quantitative estimate of drug-likeness (QED) is 0.0202. The Balaban J connectivity index is 1.18. The number of unbranched alkanes of at least 4 members (excludes halogenated alkanes) is 2. The summed E-state index contributed by atoms with van der Waals surface area (Å²) in [7, 11) is 4.03. The number of methoxy groups -OCH3 is 3. The standard InChI is InChI=1S/C59H77N7O12/c1-8-55(73)31-39-32-58(53(71)76-6,49-40(21-26-64(33-39)34-55)41-28-38(19-20-45(41)61-49)16-11-10-12-18-48(70)63-62-44(36(3)68)17-13-14-24-60)43-29-42-46(30-47(43)75-5)66(35-67)51-57(42)23-27-65-25-15-22-56(9-2,50(57)65)52(78-37(4)69)59(51,74)54(72)77-7/h15,19-20,22,28-30,35,39,44,50-52,61-62,73-74H,8-10,12-14,17-18,21,23-27,31-34,60H2,1-7H3,(H,63,70)/t39-,44-,50-,51+,52+,55-,56+,57+,58-,59-/m0/s1. The van der Waals surface area contributed by atoms with Crippen LogP contribution in [-0.2, 0) is 60.2 Å². The zero-order valence-corrected chi connectivity index (χ0v) is 46.1. The number of benzene rings is 2. The lowest BCUT2D eigenvalue weighted by atomic mass is 9.47. The van der Waals surface area contributed by atoms with Gasteiger partial charge in [0.2, 0.25) is 17.9 Å². The number of anilines is 1. The van der Waals surface area contributed by atoms with E-state index in [2.05, 4.69) is 37.5 Å². The summed E-state index contributed by atoms with van der Waals surface area (Å²) in [5, 5.41) is 26.5. The predicted molar refractivity (Wildman–Crippen MR) is 290 cm³/mol. The van der Waals surface area contributed by atoms with E-state index in [1.807, 2.05) is 50.3 Å². The van der Waals surface area contributed by atoms with E-state index in [4.69, 9.17) is 24.7 Å². The molecule has 2 aromatic carbocycles. The Kier molecular flexibility index (Phi) is 16.1. The number of esters is 3. The Hall–Kier alpha value is -6.14. The Morgan fingerprint density at radius 2 is 1.74 bits per heavy atom. The number of nitrogens with one attached hydrogen (secondary N) is 3. The normalized spacial score (nSPS) is 30.9. The number of nitrogens with zero attached hydrogens (tertiary/aromatic N) is 3. The highest BCUT2D eigenvalue weighted by molar-refractivity contribution is 5.97. The molecule has 1 aliphatic carbocycles. The first kappa shape index (κ1) is 56.6. The van der Waals surface area contributed by atoms with Crippen molar-refractivity contribution in [3.63, 3.8) is 0 Å². The van der Waals surface area contributed by atoms with Crippen molar-refractivity contribution in [1.29, 1.82) is 0 Å². The average molecular weight is 1080 g/mol. The number of hydrogen-bond donors (Lipinski definition) is 6. The fraction of sp³-hybridized carbons (Fsp3) is 0.593. The van der Waals surface area contributed by atoms with Gasteiger partial charge >= 0.3 is 17.9 Å². The van der Waals surface area contributed by atoms with Gasteiger partial charge < -0.3 is 44.8 Å². The van der Waals surface area contributed by atoms with E-state index in [9.17, 15) is 34.2 Å². The van der Waals surface area contributed by atoms with Crippen molar-refractivity contribution >= 4 is 52.6 Å². The number of Topliss-reactive ketones (excluding diaryl/α,β-unsaturated/α-hetero) is 1. The summed E-state index contributed by atoms with van der Waals surface area (Å²) in [6.07, 6.45) is 8.58. The number of piperidine rings is 1. The predicted octanol–water partition coefficient (Wildman–Crippen LogP) is 3.75. The van der Waals surface area contributed by atoms with Gasteiger partial charge in [0.05, 0.1) is 44.7 Å². The number of ether oxygens (including phenoxy) is 4. The molecule has 11 atom stereocenters. The summed E-state index contributed by atoms with van der Waals surface area (Å²) in [5.74, 6) is 3.90. The number of rotatable bonds is 18. The number of hydrogen-bond acceptors (Lipinski definition) is 16. The number of aliphatic hydroxyl groups is 2. The number of fused-ring (bicyclic) bond motifs is 6. The number of aromatic nitrogens is 1. The maximum absolute atomic E-state index is 15.7. The second-order valence-electron chi connectivity index (χ2n) is 22.6. The maximum atomic E-state index is 15.7. The number of carbonyl (C=O) groups is 6. The van der Waals surface area contributed by atoms with E-state index in [1.54, 1.807) is 6.07 Å². The van der Waals surface area contributed by atoms with Crippen LogP contribution >= 0.6 is 0 Å². The van der Waals surface area contributed by atoms with Crippen molar-refractivity contribution in [3.8, 4) is 17.6 Å². The first-order chi connectivity index (χ1) is 37.4. The highest BCUT2D eigenvalue weighted by Crippen LogP contribution is 2.68. The molecule has 1 saturated carbocycles. The van der Waals surface area contributed by atoms with Crippen LogP contribution in [0, 0.1) is 23.2 Å². The summed E-state index contributed by atoms with van der Waals surface area (Å²) >= 11 is 0. The van der Waals surface area contributed by atoms with E-state index in [1.165, 1.54) is 33.0 Å². The number of ketones is 1. The minimum absolute atomic E-state index is 0.0616. The molecule has 1 spiro atoms. The van der Waals surface area contributed by atoms with Crippen molar-refractivity contribution in [2.45, 2.75) is 151 Å². The second-order valence-corrected chi connectivity index (χ2v) is 22.6. The molecule has 0 radical (unpaired) electrons. The highest BCUT2D eigenvalue weighted by Gasteiger charge is 2.81. The lowest BCUT2D eigenvalue weighted by molar-refractivity contribution is -0.228. The number of H-pyrrole nitrogens is 1. The molecule has 19 heteroatoms. The molecule has 9 rings (SSSR count). The van der Waals surface area contributed by atoms with Crippen LogP contribution in [0.5, 0.6) is 5.75 Å². The Labute approximate surface area is 456 Å². The molecule has 2 bridgehead atoms. The van der Waals surface area contributed by atoms with E-state index >= 15 is 4.79 Å². The van der Waals surface area contributed by atoms with Gasteiger partial charge in [-0.1, -0.05) is 44.3 Å². The first-order valence-corrected chi connectivity index (χ1v) is 27.7. The van der Waals surface area contributed by atoms with E-state index < -0.39 is 69.6 Å². The van der Waals surface area contributed by atoms with Crippen LogP contribution in [0.15, 0.2) is 42.5 Å². The highest BCUT2D eigenvalue weighted by atomic mass is 16.6. The van der Waals surface area contributed by atoms with Gasteiger partial charge in [-0.15, -0.1) is 0 Å². The molecule has 2 saturated heterocycles. The molecule has 3 aromatic rings. The lowest BCUT2D eigenvalue weighted by Crippen LogP contribution is -2.81. The summed E-state index contributed by atoms with van der Waals surface area (Å²) in [6, 6.07) is 7.18. The molecule has 6 aliphatic rings. The fourth-order valence-electron chi connectivity index (χ4n) is 15.1. The van der Waals surface area contributed by atoms with Gasteiger partial charge in [0.25, 0.3) is 0 Å². The maximum Gasteiger partial charge on any atom is 0.344 e. The Morgan fingerprint density at radius 1 is 0.962 bits per heavy atom. The third kappa shape index (κ3) is 9.19. The van der Waals surface area contributed by atoms with E-state index in [0.29, 0.717) is 120 Å². The molecule has 3 fully saturated rings. The minimum atomic E-state index is -2.59. The van der Waals surface area contributed by atoms with Crippen molar-refractivity contribution in [1.82, 2.24) is 25.6 Å². The lowest BCUT2D eigenvalue weighted by Gasteiger charge is -2.63. The van der Waals surface area contributed by atoms with Gasteiger partial charge in [-0.05, 0) is 119 Å².